The van der Waals surface area contributed by atoms with Crippen molar-refractivity contribution in [3.05, 3.63) is 47.5 Å². The second-order valence-electron chi connectivity index (χ2n) is 9.61. The molecule has 1 saturated carbocycles. The Kier molecular flexibility index (Phi) is 7.00. The summed E-state index contributed by atoms with van der Waals surface area (Å²) in [4.78, 5) is 19.4. The van der Waals surface area contributed by atoms with Crippen LogP contribution in [-0.2, 0) is 15.7 Å². The Labute approximate surface area is 221 Å². The topological polar surface area (TPSA) is 78.7 Å². The van der Waals surface area contributed by atoms with Gasteiger partial charge in [0.25, 0.3) is 5.91 Å². The van der Waals surface area contributed by atoms with Gasteiger partial charge in [-0.2, -0.15) is 18.4 Å². The lowest BCUT2D eigenvalue weighted by Gasteiger charge is -2.43. The maximum atomic E-state index is 15.1. The third-order valence-electron chi connectivity index (χ3n) is 7.45. The number of carbonyl (C=O) groups excluding carboxylic acids is 1. The molecule has 0 atom stereocenters. The molecule has 1 aromatic heterocycles. The summed E-state index contributed by atoms with van der Waals surface area (Å²) in [5.41, 5.74) is -3.76. The number of rotatable bonds is 6. The largest absolute Gasteiger partial charge is 0.491 e. The van der Waals surface area contributed by atoms with Gasteiger partial charge in [0.05, 0.1) is 12.3 Å². The molecule has 1 aromatic carbocycles. The van der Waals surface area contributed by atoms with Crippen molar-refractivity contribution in [2.24, 2.45) is 5.92 Å². The highest BCUT2D eigenvalue weighted by atomic mass is 32.1. The molecule has 5 rings (SSSR count). The first-order valence-corrected chi connectivity index (χ1v) is 12.7. The number of anilines is 2. The van der Waals surface area contributed by atoms with Crippen LogP contribution in [0.15, 0.2) is 30.5 Å². The summed E-state index contributed by atoms with van der Waals surface area (Å²) >= 11 is 5.53. The van der Waals surface area contributed by atoms with Gasteiger partial charge in [0, 0.05) is 31.2 Å². The number of benzene rings is 1. The van der Waals surface area contributed by atoms with Crippen LogP contribution in [0.1, 0.15) is 49.8 Å². The lowest BCUT2D eigenvalue weighted by Crippen LogP contribution is -2.55. The van der Waals surface area contributed by atoms with Gasteiger partial charge in [-0.05, 0) is 74.9 Å². The van der Waals surface area contributed by atoms with Gasteiger partial charge in [0.15, 0.2) is 22.4 Å². The predicted octanol–water partition coefficient (Wildman–Crippen LogP) is 5.37. The molecule has 2 aromatic rings. The van der Waals surface area contributed by atoms with Crippen molar-refractivity contribution in [3.63, 3.8) is 0 Å². The molecule has 0 radical (unpaired) electrons. The molecule has 2 aliphatic heterocycles. The number of amides is 1. The molecule has 1 spiro atoms. The zero-order valence-corrected chi connectivity index (χ0v) is 21.1. The highest BCUT2D eigenvalue weighted by molar-refractivity contribution is 7.81. The summed E-state index contributed by atoms with van der Waals surface area (Å²) in [6, 6.07) is 6.63. The van der Waals surface area contributed by atoms with Crippen molar-refractivity contribution in [1.29, 1.82) is 5.26 Å². The van der Waals surface area contributed by atoms with Crippen LogP contribution in [0.5, 0.6) is 5.75 Å². The number of aromatic nitrogens is 1. The van der Waals surface area contributed by atoms with Gasteiger partial charge >= 0.3 is 6.18 Å². The van der Waals surface area contributed by atoms with E-state index in [1.54, 1.807) is 6.07 Å². The van der Waals surface area contributed by atoms with Gasteiger partial charge in [-0.15, -0.1) is 0 Å². The van der Waals surface area contributed by atoms with Gasteiger partial charge in [0.1, 0.15) is 17.2 Å². The van der Waals surface area contributed by atoms with Gasteiger partial charge in [0.2, 0.25) is 0 Å². The minimum atomic E-state index is -4.96. The molecule has 0 N–H and O–H groups in total. The average Bonchev–Trinajstić information content (AvgIpc) is 3.11. The second-order valence-corrected chi connectivity index (χ2v) is 9.98. The molecule has 1 aliphatic carbocycles. The molecule has 3 heterocycles. The Morgan fingerprint density at radius 3 is 2.58 bits per heavy atom. The van der Waals surface area contributed by atoms with Crippen LogP contribution >= 0.6 is 12.2 Å². The smallest absolute Gasteiger partial charge is 0.421 e. The molecular weight excluding hydrogens is 524 g/mol. The molecule has 38 heavy (non-hydrogen) atoms. The zero-order valence-electron chi connectivity index (χ0n) is 20.3. The van der Waals surface area contributed by atoms with Crippen molar-refractivity contribution >= 4 is 34.6 Å². The van der Waals surface area contributed by atoms with Crippen LogP contribution in [0.2, 0.25) is 0 Å². The van der Waals surface area contributed by atoms with Crippen molar-refractivity contribution in [2.45, 2.75) is 50.2 Å². The number of pyridine rings is 1. The number of thiocarbonyl (C=S) groups is 1. The highest BCUT2D eigenvalue weighted by Crippen LogP contribution is 2.50. The minimum Gasteiger partial charge on any atom is -0.491 e. The Hall–Kier alpha value is -3.30. The fraction of sp³-hybridized carbons (Fsp3) is 0.462. The van der Waals surface area contributed by atoms with E-state index < -0.39 is 40.4 Å². The van der Waals surface area contributed by atoms with E-state index in [4.69, 9.17) is 21.7 Å². The zero-order chi connectivity index (χ0) is 27.1. The number of carbonyl (C=O) groups is 1. The molecule has 1 amide bonds. The molecule has 3 aliphatic rings. The van der Waals surface area contributed by atoms with Gasteiger partial charge in [-0.3, -0.25) is 9.69 Å². The standard InChI is InChI=1S/C26H24F4N4O3S/c27-18-14-17(2-3-21(18)37-13-7-16-5-11-36-12-6-16)34-24(38)33(23(35)25(34)8-1-9-25)20-4-10-32-19(15-31)22(20)26(28,29)30/h2-4,10,14,16H,1,5-9,11-13H2. The van der Waals surface area contributed by atoms with E-state index in [0.29, 0.717) is 45.0 Å². The summed E-state index contributed by atoms with van der Waals surface area (Å²) in [6.45, 7) is 1.76. The monoisotopic (exact) mass is 548 g/mol. The number of nitriles is 1. The lowest BCUT2D eigenvalue weighted by atomic mass is 9.75. The Balaban J connectivity index is 1.43. The van der Waals surface area contributed by atoms with E-state index >= 15 is 4.39 Å². The first kappa shape index (κ1) is 26.3. The lowest BCUT2D eigenvalue weighted by molar-refractivity contribution is -0.137. The molecule has 0 bridgehead atoms. The van der Waals surface area contributed by atoms with Crippen molar-refractivity contribution in [1.82, 2.24) is 4.98 Å². The molecule has 7 nitrogen and oxygen atoms in total. The SMILES string of the molecule is N#Cc1nccc(N2C(=O)C3(CCC3)N(c3ccc(OCCC4CCOCC4)c(F)c3)C2=S)c1C(F)(F)F. The van der Waals surface area contributed by atoms with Crippen LogP contribution in [0.25, 0.3) is 0 Å². The van der Waals surface area contributed by atoms with Gasteiger partial charge in [-0.1, -0.05) is 0 Å². The number of hydrogen-bond acceptors (Lipinski definition) is 6. The minimum absolute atomic E-state index is 0.0453. The van der Waals surface area contributed by atoms with Crippen LogP contribution in [0.4, 0.5) is 28.9 Å². The number of ether oxygens (including phenoxy) is 2. The molecule has 0 unspecified atom stereocenters. The highest BCUT2D eigenvalue weighted by Gasteiger charge is 2.60. The van der Waals surface area contributed by atoms with Gasteiger partial charge in [-0.25, -0.2) is 9.37 Å². The maximum absolute atomic E-state index is 15.1. The second kappa shape index (κ2) is 10.1. The van der Waals surface area contributed by atoms with Crippen LogP contribution < -0.4 is 14.5 Å². The first-order valence-electron chi connectivity index (χ1n) is 12.3. The van der Waals surface area contributed by atoms with Crippen molar-refractivity contribution in [3.8, 4) is 11.8 Å². The number of halogens is 4. The van der Waals surface area contributed by atoms with E-state index in [9.17, 15) is 23.2 Å². The molecule has 3 fully saturated rings. The fourth-order valence-electron chi connectivity index (χ4n) is 5.31. The maximum Gasteiger partial charge on any atom is 0.421 e. The van der Waals surface area contributed by atoms with E-state index in [-0.39, 0.29) is 16.5 Å². The Morgan fingerprint density at radius 1 is 1.24 bits per heavy atom. The van der Waals surface area contributed by atoms with Crippen molar-refractivity contribution < 1.29 is 31.8 Å². The van der Waals surface area contributed by atoms with E-state index in [0.717, 1.165) is 36.4 Å². The number of alkyl halides is 3. The van der Waals surface area contributed by atoms with Crippen LogP contribution in [0.3, 0.4) is 0 Å². The molecular formula is C26H24F4N4O3S. The number of hydrogen-bond donors (Lipinski definition) is 0. The van der Waals surface area contributed by atoms with E-state index in [1.807, 2.05) is 0 Å². The molecule has 12 heteroatoms. The third-order valence-corrected chi connectivity index (χ3v) is 7.82. The number of nitrogens with zero attached hydrogens (tertiary/aromatic N) is 4. The first-order chi connectivity index (χ1) is 18.2. The summed E-state index contributed by atoms with van der Waals surface area (Å²) in [5, 5.41) is 9.03. The third kappa shape index (κ3) is 4.47. The quantitative estimate of drug-likeness (QED) is 0.355. The molecule has 200 valence electrons. The molecule has 2 saturated heterocycles. The van der Waals surface area contributed by atoms with E-state index in [1.165, 1.54) is 23.1 Å². The predicted molar refractivity (Wildman–Crippen MR) is 133 cm³/mol. The summed E-state index contributed by atoms with van der Waals surface area (Å²) in [7, 11) is 0. The van der Waals surface area contributed by atoms with Gasteiger partial charge < -0.3 is 14.4 Å². The Morgan fingerprint density at radius 2 is 1.97 bits per heavy atom. The fourth-order valence-corrected chi connectivity index (χ4v) is 5.77. The summed E-state index contributed by atoms with van der Waals surface area (Å²) in [5.74, 6) is -0.806. The normalized spacial score (nSPS) is 19.6. The Bertz CT molecular complexity index is 1300. The summed E-state index contributed by atoms with van der Waals surface area (Å²) < 4.78 is 68.0. The van der Waals surface area contributed by atoms with E-state index in [2.05, 4.69) is 4.98 Å². The summed E-state index contributed by atoms with van der Waals surface area (Å²) in [6.07, 6.45) is 0.0457. The van der Waals surface area contributed by atoms with Crippen molar-refractivity contribution in [2.75, 3.05) is 29.6 Å². The average molecular weight is 549 g/mol. The van der Waals surface area contributed by atoms with Crippen LogP contribution in [-0.4, -0.2) is 41.4 Å². The van der Waals surface area contributed by atoms with Crippen LogP contribution in [0, 0.1) is 23.1 Å².